The third-order valence-corrected chi connectivity index (χ3v) is 4.48. The summed E-state index contributed by atoms with van der Waals surface area (Å²) in [5.74, 6) is -1.22. The van der Waals surface area contributed by atoms with Gasteiger partial charge in [-0.05, 0) is 35.4 Å². The first-order chi connectivity index (χ1) is 9.62. The largest absolute Gasteiger partial charge is 0.353 e. The summed E-state index contributed by atoms with van der Waals surface area (Å²) in [6.07, 6.45) is 0.480. The fourth-order valence-corrected chi connectivity index (χ4v) is 3.37. The first-order valence-corrected chi connectivity index (χ1v) is 8.08. The maximum absolute atomic E-state index is 10.9. The topological polar surface area (TPSA) is 32.7 Å². The number of likely N-dealkylation sites (N-methyl/N-ethyl adjacent to an activating group) is 1. The van der Waals surface area contributed by atoms with E-state index in [1.807, 2.05) is 25.7 Å². The lowest BCUT2D eigenvalue weighted by Gasteiger charge is -2.38. The number of nitrogens with zero attached hydrogens (tertiary/aromatic N) is 1. The third-order valence-electron chi connectivity index (χ3n) is 3.58. The van der Waals surface area contributed by atoms with Gasteiger partial charge in [0.15, 0.2) is 0 Å². The first-order valence-electron chi connectivity index (χ1n) is 7.20. The van der Waals surface area contributed by atoms with E-state index in [1.165, 1.54) is 10.1 Å². The zero-order chi connectivity index (χ0) is 14.6. The molecule has 0 aliphatic carbocycles. The lowest BCUT2D eigenvalue weighted by Crippen LogP contribution is -2.52. The summed E-state index contributed by atoms with van der Waals surface area (Å²) in [5.41, 5.74) is 1.10. The van der Waals surface area contributed by atoms with Crippen LogP contribution in [0, 0.1) is 0 Å². The number of hydrogen-bond donors (Lipinski definition) is 1. The Balaban J connectivity index is 2.26. The quantitative estimate of drug-likeness (QED) is 0.793. The molecule has 0 bridgehead atoms. The number of ether oxygens (including phenoxy) is 1. The van der Waals surface area contributed by atoms with E-state index in [2.05, 4.69) is 29.6 Å². The first kappa shape index (κ1) is 15.4. The second-order valence-corrected chi connectivity index (χ2v) is 5.77. The van der Waals surface area contributed by atoms with Gasteiger partial charge in [-0.2, -0.15) is 0 Å². The average molecular weight is 293 g/mol. The molecule has 1 atom stereocenters. The smallest absolute Gasteiger partial charge is 0.231 e. The highest BCUT2D eigenvalue weighted by Crippen LogP contribution is 2.25. The summed E-state index contributed by atoms with van der Waals surface area (Å²) < 4.78 is 6.93. The Kier molecular flexibility index (Phi) is 5.16. The molecule has 20 heavy (non-hydrogen) atoms. The number of aliphatic hydroxyl groups is 1. The predicted molar refractivity (Wildman–Crippen MR) is 85.0 cm³/mol. The van der Waals surface area contributed by atoms with Crippen LogP contribution in [-0.2, 0) is 11.2 Å². The molecule has 0 radical (unpaired) electrons. The lowest BCUT2D eigenvalue weighted by molar-refractivity contribution is -0.288. The Labute approximate surface area is 124 Å². The van der Waals surface area contributed by atoms with Crippen LogP contribution in [0.2, 0.25) is 0 Å². The van der Waals surface area contributed by atoms with E-state index in [-0.39, 0.29) is 0 Å². The van der Waals surface area contributed by atoms with E-state index in [0.29, 0.717) is 13.0 Å². The van der Waals surface area contributed by atoms with Gasteiger partial charge < -0.3 is 9.84 Å². The number of hydrogen-bond acceptors (Lipinski definition) is 4. The molecule has 0 saturated carbocycles. The van der Waals surface area contributed by atoms with E-state index in [9.17, 15) is 5.11 Å². The van der Waals surface area contributed by atoms with Crippen molar-refractivity contribution >= 4 is 21.4 Å². The molecule has 0 saturated heterocycles. The van der Waals surface area contributed by atoms with Crippen molar-refractivity contribution in [3.63, 3.8) is 0 Å². The van der Waals surface area contributed by atoms with Crippen molar-refractivity contribution in [2.24, 2.45) is 0 Å². The van der Waals surface area contributed by atoms with Crippen molar-refractivity contribution in [2.45, 2.75) is 33.1 Å². The summed E-state index contributed by atoms with van der Waals surface area (Å²) in [7, 11) is 0. The lowest BCUT2D eigenvalue weighted by atomic mass is 10.1. The minimum atomic E-state index is -1.22. The molecule has 1 heterocycles. The third kappa shape index (κ3) is 3.20. The van der Waals surface area contributed by atoms with Crippen LogP contribution >= 0.6 is 11.3 Å². The molecule has 1 unspecified atom stereocenters. The molecule has 1 aromatic heterocycles. The van der Waals surface area contributed by atoms with Crippen LogP contribution in [0.25, 0.3) is 10.1 Å². The van der Waals surface area contributed by atoms with Crippen molar-refractivity contribution in [3.05, 3.63) is 35.2 Å². The van der Waals surface area contributed by atoms with Crippen LogP contribution in [0.4, 0.5) is 0 Å². The van der Waals surface area contributed by atoms with E-state index in [1.54, 1.807) is 11.3 Å². The standard InChI is InChI=1S/C16H23NO2S/c1-4-17(5-2)16(18,19-6-3)12-13-7-8-15-14(11-13)9-10-20-15/h7-11,18H,4-6,12H2,1-3H3. The van der Waals surface area contributed by atoms with Crippen molar-refractivity contribution in [2.75, 3.05) is 19.7 Å². The minimum Gasteiger partial charge on any atom is -0.353 e. The Morgan fingerprint density at radius 1 is 1.20 bits per heavy atom. The normalized spacial score (nSPS) is 14.8. The molecular formula is C16H23NO2S. The molecule has 2 aromatic rings. The Morgan fingerprint density at radius 3 is 2.60 bits per heavy atom. The van der Waals surface area contributed by atoms with Crippen LogP contribution in [-0.4, -0.2) is 35.6 Å². The molecule has 2 rings (SSSR count). The molecular weight excluding hydrogens is 270 g/mol. The molecule has 110 valence electrons. The van der Waals surface area contributed by atoms with Gasteiger partial charge in [-0.25, -0.2) is 0 Å². The summed E-state index contributed by atoms with van der Waals surface area (Å²) in [4.78, 5) is 1.95. The summed E-state index contributed by atoms with van der Waals surface area (Å²) in [5, 5.41) is 14.2. The fourth-order valence-electron chi connectivity index (χ4n) is 2.60. The van der Waals surface area contributed by atoms with E-state index >= 15 is 0 Å². The molecule has 0 fully saturated rings. The Hall–Kier alpha value is -0.940. The summed E-state index contributed by atoms with van der Waals surface area (Å²) in [6.45, 7) is 8.00. The van der Waals surface area contributed by atoms with Gasteiger partial charge in [0.2, 0.25) is 5.91 Å². The van der Waals surface area contributed by atoms with Gasteiger partial charge in [0, 0.05) is 30.8 Å². The maximum atomic E-state index is 10.9. The molecule has 3 nitrogen and oxygen atoms in total. The number of fused-ring (bicyclic) bond motifs is 1. The summed E-state index contributed by atoms with van der Waals surface area (Å²) >= 11 is 1.74. The monoisotopic (exact) mass is 293 g/mol. The highest BCUT2D eigenvalue weighted by molar-refractivity contribution is 7.17. The van der Waals surface area contributed by atoms with E-state index in [4.69, 9.17) is 4.74 Å². The molecule has 0 spiro atoms. The fraction of sp³-hybridized carbons (Fsp3) is 0.500. The van der Waals surface area contributed by atoms with Gasteiger partial charge in [0.1, 0.15) is 0 Å². The van der Waals surface area contributed by atoms with Crippen molar-refractivity contribution in [1.29, 1.82) is 0 Å². The van der Waals surface area contributed by atoms with E-state index in [0.717, 1.165) is 18.7 Å². The second kappa shape index (κ2) is 6.68. The second-order valence-electron chi connectivity index (χ2n) is 4.82. The van der Waals surface area contributed by atoms with Crippen LogP contribution in [0.3, 0.4) is 0 Å². The molecule has 1 N–H and O–H groups in total. The Morgan fingerprint density at radius 2 is 1.95 bits per heavy atom. The highest BCUT2D eigenvalue weighted by Gasteiger charge is 2.33. The van der Waals surface area contributed by atoms with Gasteiger partial charge >= 0.3 is 0 Å². The van der Waals surface area contributed by atoms with Gasteiger partial charge in [-0.15, -0.1) is 11.3 Å². The SMILES string of the molecule is CCOC(O)(Cc1ccc2sccc2c1)N(CC)CC. The zero-order valence-electron chi connectivity index (χ0n) is 12.4. The van der Waals surface area contributed by atoms with Gasteiger partial charge in [0.25, 0.3) is 0 Å². The van der Waals surface area contributed by atoms with Crippen LogP contribution in [0.5, 0.6) is 0 Å². The number of benzene rings is 1. The Bertz CT molecular complexity index is 550. The molecule has 0 aliphatic rings. The van der Waals surface area contributed by atoms with Gasteiger partial charge in [-0.1, -0.05) is 26.0 Å². The van der Waals surface area contributed by atoms with Crippen molar-refractivity contribution in [1.82, 2.24) is 4.90 Å². The maximum Gasteiger partial charge on any atom is 0.231 e. The predicted octanol–water partition coefficient (Wildman–Crippen LogP) is 3.47. The average Bonchev–Trinajstić information content (AvgIpc) is 2.87. The minimum absolute atomic E-state index is 0.480. The van der Waals surface area contributed by atoms with Crippen molar-refractivity contribution in [3.8, 4) is 0 Å². The molecule has 0 amide bonds. The van der Waals surface area contributed by atoms with Crippen LogP contribution in [0.15, 0.2) is 29.6 Å². The number of thiophene rings is 1. The zero-order valence-corrected chi connectivity index (χ0v) is 13.2. The van der Waals surface area contributed by atoms with Gasteiger partial charge in [0.05, 0.1) is 0 Å². The highest BCUT2D eigenvalue weighted by atomic mass is 32.1. The van der Waals surface area contributed by atoms with Crippen molar-refractivity contribution < 1.29 is 9.84 Å². The van der Waals surface area contributed by atoms with Crippen LogP contribution in [0.1, 0.15) is 26.3 Å². The van der Waals surface area contributed by atoms with E-state index < -0.39 is 5.91 Å². The summed E-state index contributed by atoms with van der Waals surface area (Å²) in [6, 6.07) is 8.44. The molecule has 0 aliphatic heterocycles. The van der Waals surface area contributed by atoms with Gasteiger partial charge in [-0.3, -0.25) is 4.90 Å². The molecule has 1 aromatic carbocycles. The number of rotatable bonds is 7. The molecule has 4 heteroatoms. The van der Waals surface area contributed by atoms with Crippen LogP contribution < -0.4 is 0 Å².